The molecule has 0 atom stereocenters. The molecule has 4 nitrogen and oxygen atoms in total. The standard InChI is InChI=1S/C9H12N4/c1-6-4-13(3)9-7(6)8(10-2)11-5-12-9/h4-5H,1-3H3,(H,10,11,12). The summed E-state index contributed by atoms with van der Waals surface area (Å²) < 4.78 is 2.01. The number of aromatic nitrogens is 3. The van der Waals surface area contributed by atoms with Crippen molar-refractivity contribution < 1.29 is 0 Å². The summed E-state index contributed by atoms with van der Waals surface area (Å²) in [5.41, 5.74) is 2.17. The normalized spacial score (nSPS) is 10.7. The molecule has 0 aliphatic rings. The Kier molecular flexibility index (Phi) is 1.69. The van der Waals surface area contributed by atoms with Crippen molar-refractivity contribution in [3.8, 4) is 0 Å². The number of hydrogen-bond acceptors (Lipinski definition) is 3. The molecule has 0 saturated carbocycles. The summed E-state index contributed by atoms with van der Waals surface area (Å²) in [6, 6.07) is 0. The Balaban J connectivity index is 2.88. The number of hydrogen-bond donors (Lipinski definition) is 1. The maximum absolute atomic E-state index is 4.22. The summed E-state index contributed by atoms with van der Waals surface area (Å²) in [7, 11) is 3.86. The van der Waals surface area contributed by atoms with Gasteiger partial charge in [0.25, 0.3) is 0 Å². The lowest BCUT2D eigenvalue weighted by Gasteiger charge is -2.00. The molecule has 2 aromatic rings. The van der Waals surface area contributed by atoms with Crippen LogP contribution in [0.25, 0.3) is 11.0 Å². The maximum atomic E-state index is 4.22. The molecule has 0 aliphatic carbocycles. The predicted octanol–water partition coefficient (Wildman–Crippen LogP) is 1.32. The average molecular weight is 176 g/mol. The van der Waals surface area contributed by atoms with E-state index in [-0.39, 0.29) is 0 Å². The van der Waals surface area contributed by atoms with Crippen molar-refractivity contribution >= 4 is 16.9 Å². The van der Waals surface area contributed by atoms with Gasteiger partial charge in [-0.25, -0.2) is 9.97 Å². The first kappa shape index (κ1) is 8.04. The third-order valence-electron chi connectivity index (χ3n) is 2.18. The Hall–Kier alpha value is -1.58. The zero-order chi connectivity index (χ0) is 9.42. The van der Waals surface area contributed by atoms with Crippen molar-refractivity contribution in [3.63, 3.8) is 0 Å². The summed E-state index contributed by atoms with van der Waals surface area (Å²) in [5.74, 6) is 0.892. The summed E-state index contributed by atoms with van der Waals surface area (Å²) in [6.45, 7) is 2.06. The lowest BCUT2D eigenvalue weighted by molar-refractivity contribution is 0.940. The van der Waals surface area contributed by atoms with Crippen LogP contribution < -0.4 is 5.32 Å². The van der Waals surface area contributed by atoms with Crippen LogP contribution in [0, 0.1) is 6.92 Å². The van der Waals surface area contributed by atoms with Crippen molar-refractivity contribution in [1.82, 2.24) is 14.5 Å². The summed E-state index contributed by atoms with van der Waals surface area (Å²) in [4.78, 5) is 8.39. The largest absolute Gasteiger partial charge is 0.372 e. The van der Waals surface area contributed by atoms with Crippen LogP contribution in [0.15, 0.2) is 12.5 Å². The Morgan fingerprint density at radius 3 is 2.85 bits per heavy atom. The van der Waals surface area contributed by atoms with Gasteiger partial charge in [0, 0.05) is 20.3 Å². The second-order valence-electron chi connectivity index (χ2n) is 3.09. The third-order valence-corrected chi connectivity index (χ3v) is 2.18. The molecule has 0 saturated heterocycles. The predicted molar refractivity (Wildman–Crippen MR) is 52.8 cm³/mol. The minimum absolute atomic E-state index is 0.892. The van der Waals surface area contributed by atoms with Gasteiger partial charge in [-0.3, -0.25) is 0 Å². The molecule has 2 aromatic heterocycles. The van der Waals surface area contributed by atoms with E-state index < -0.39 is 0 Å². The molecule has 2 heterocycles. The van der Waals surface area contributed by atoms with Crippen LogP contribution in [0.1, 0.15) is 5.56 Å². The second-order valence-corrected chi connectivity index (χ2v) is 3.09. The van der Waals surface area contributed by atoms with E-state index >= 15 is 0 Å². The Morgan fingerprint density at radius 2 is 2.15 bits per heavy atom. The van der Waals surface area contributed by atoms with Gasteiger partial charge < -0.3 is 9.88 Å². The zero-order valence-electron chi connectivity index (χ0n) is 8.00. The second kappa shape index (κ2) is 2.73. The molecule has 1 N–H and O–H groups in total. The quantitative estimate of drug-likeness (QED) is 0.712. The van der Waals surface area contributed by atoms with Crippen LogP contribution in [-0.2, 0) is 7.05 Å². The van der Waals surface area contributed by atoms with Gasteiger partial charge in [-0.05, 0) is 12.5 Å². The molecule has 0 spiro atoms. The first-order valence-corrected chi connectivity index (χ1v) is 4.18. The Labute approximate surface area is 76.6 Å². The number of fused-ring (bicyclic) bond motifs is 1. The number of nitrogens with zero attached hydrogens (tertiary/aromatic N) is 3. The molecule has 0 unspecified atom stereocenters. The lowest BCUT2D eigenvalue weighted by Crippen LogP contribution is -1.95. The number of rotatable bonds is 1. The van der Waals surface area contributed by atoms with Crippen LogP contribution >= 0.6 is 0 Å². The number of nitrogens with one attached hydrogen (secondary N) is 1. The number of aryl methyl sites for hydroxylation is 2. The van der Waals surface area contributed by atoms with Crippen molar-refractivity contribution in [2.75, 3.05) is 12.4 Å². The van der Waals surface area contributed by atoms with E-state index in [2.05, 4.69) is 28.4 Å². The molecule has 0 aromatic carbocycles. The van der Waals surface area contributed by atoms with Crippen molar-refractivity contribution in [2.24, 2.45) is 7.05 Å². The molecular weight excluding hydrogens is 164 g/mol. The van der Waals surface area contributed by atoms with Crippen molar-refractivity contribution in [1.29, 1.82) is 0 Å². The molecule has 0 fully saturated rings. The maximum Gasteiger partial charge on any atom is 0.145 e. The third kappa shape index (κ3) is 1.06. The Bertz CT molecular complexity index is 444. The highest BCUT2D eigenvalue weighted by Gasteiger charge is 2.08. The fraction of sp³-hybridized carbons (Fsp3) is 0.333. The summed E-state index contributed by atoms with van der Waals surface area (Å²) in [5, 5.41) is 4.16. The van der Waals surface area contributed by atoms with E-state index in [9.17, 15) is 0 Å². The minimum Gasteiger partial charge on any atom is -0.372 e. The van der Waals surface area contributed by atoms with E-state index in [1.807, 2.05) is 18.7 Å². The number of anilines is 1. The first-order chi connectivity index (χ1) is 6.24. The minimum atomic E-state index is 0.892. The van der Waals surface area contributed by atoms with Crippen LogP contribution in [0.3, 0.4) is 0 Å². The van der Waals surface area contributed by atoms with Gasteiger partial charge in [0.05, 0.1) is 5.39 Å². The van der Waals surface area contributed by atoms with Crippen LogP contribution in [0.5, 0.6) is 0 Å². The van der Waals surface area contributed by atoms with Gasteiger partial charge >= 0.3 is 0 Å². The topological polar surface area (TPSA) is 42.7 Å². The van der Waals surface area contributed by atoms with Gasteiger partial charge in [0.2, 0.25) is 0 Å². The fourth-order valence-corrected chi connectivity index (χ4v) is 1.61. The smallest absolute Gasteiger partial charge is 0.145 e. The molecule has 0 amide bonds. The van der Waals surface area contributed by atoms with Gasteiger partial charge in [-0.2, -0.15) is 0 Å². The molecule has 0 radical (unpaired) electrons. The highest BCUT2D eigenvalue weighted by molar-refractivity contribution is 5.90. The van der Waals surface area contributed by atoms with E-state index in [1.54, 1.807) is 6.33 Å². The van der Waals surface area contributed by atoms with Gasteiger partial charge in [0.1, 0.15) is 17.8 Å². The molecule has 68 valence electrons. The Morgan fingerprint density at radius 1 is 1.38 bits per heavy atom. The summed E-state index contributed by atoms with van der Waals surface area (Å²) >= 11 is 0. The van der Waals surface area contributed by atoms with Gasteiger partial charge in [-0.15, -0.1) is 0 Å². The molecule has 4 heteroatoms. The highest BCUT2D eigenvalue weighted by atomic mass is 15.1. The van der Waals surface area contributed by atoms with Gasteiger partial charge in [0.15, 0.2) is 0 Å². The first-order valence-electron chi connectivity index (χ1n) is 4.18. The van der Waals surface area contributed by atoms with Gasteiger partial charge in [-0.1, -0.05) is 0 Å². The van der Waals surface area contributed by atoms with Crippen LogP contribution in [-0.4, -0.2) is 21.6 Å². The zero-order valence-corrected chi connectivity index (χ0v) is 8.00. The molecular formula is C9H12N4. The SMILES string of the molecule is CNc1ncnc2c1c(C)cn2C. The molecule has 13 heavy (non-hydrogen) atoms. The van der Waals surface area contributed by atoms with E-state index in [4.69, 9.17) is 0 Å². The fourth-order valence-electron chi connectivity index (χ4n) is 1.61. The molecule has 2 rings (SSSR count). The van der Waals surface area contributed by atoms with Crippen LogP contribution in [0.2, 0.25) is 0 Å². The van der Waals surface area contributed by atoms with Crippen molar-refractivity contribution in [3.05, 3.63) is 18.1 Å². The average Bonchev–Trinajstić information content (AvgIpc) is 2.43. The highest BCUT2D eigenvalue weighted by Crippen LogP contribution is 2.23. The summed E-state index contributed by atoms with van der Waals surface area (Å²) in [6.07, 6.45) is 3.63. The van der Waals surface area contributed by atoms with Crippen LogP contribution in [0.4, 0.5) is 5.82 Å². The monoisotopic (exact) mass is 176 g/mol. The lowest BCUT2D eigenvalue weighted by atomic mass is 10.2. The van der Waals surface area contributed by atoms with E-state index in [0.717, 1.165) is 16.9 Å². The molecule has 0 bridgehead atoms. The molecule has 0 aliphatic heterocycles. The van der Waals surface area contributed by atoms with E-state index in [0.29, 0.717) is 0 Å². The van der Waals surface area contributed by atoms with E-state index in [1.165, 1.54) is 5.56 Å². The van der Waals surface area contributed by atoms with Crippen molar-refractivity contribution in [2.45, 2.75) is 6.92 Å².